The van der Waals surface area contributed by atoms with E-state index in [2.05, 4.69) is 14.4 Å². The van der Waals surface area contributed by atoms with Gasteiger partial charge >= 0.3 is 0 Å². The van der Waals surface area contributed by atoms with Crippen molar-refractivity contribution in [2.45, 2.75) is 39.5 Å². The summed E-state index contributed by atoms with van der Waals surface area (Å²) in [5.74, 6) is 1.06. The van der Waals surface area contributed by atoms with E-state index in [1.807, 2.05) is 43.7 Å². The van der Waals surface area contributed by atoms with Crippen LogP contribution in [0.3, 0.4) is 0 Å². The minimum atomic E-state index is -3.22. The minimum Gasteiger partial charge on any atom is -0.331 e. The zero-order valence-electron chi connectivity index (χ0n) is 16.7. The summed E-state index contributed by atoms with van der Waals surface area (Å²) in [6.45, 7) is 4.33. The van der Waals surface area contributed by atoms with Crippen LogP contribution in [-0.4, -0.2) is 51.0 Å². The number of imidazole rings is 1. The molecule has 0 aliphatic carbocycles. The Hall–Kier alpha value is -1.49. The first-order valence-corrected chi connectivity index (χ1v) is 12.9. The van der Waals surface area contributed by atoms with E-state index in [4.69, 9.17) is 0 Å². The number of nitrogens with one attached hydrogen (secondary N) is 2. The first kappa shape index (κ1) is 22.8. The Bertz CT molecular complexity index is 998. The SMILES string of the molecule is CCCS(=O)(=O)NCCc1ccc2c(c1)nc(CCNS(=O)(=O)CCC)n2C. The van der Waals surface area contributed by atoms with Gasteiger partial charge in [-0.15, -0.1) is 0 Å². The molecule has 0 bridgehead atoms. The van der Waals surface area contributed by atoms with Crippen LogP contribution < -0.4 is 9.44 Å². The fourth-order valence-electron chi connectivity index (χ4n) is 3.03. The zero-order chi connectivity index (χ0) is 20.8. The van der Waals surface area contributed by atoms with Gasteiger partial charge in [-0.1, -0.05) is 19.9 Å². The highest BCUT2D eigenvalue weighted by molar-refractivity contribution is 7.89. The Balaban J connectivity index is 2.01. The quantitative estimate of drug-likeness (QED) is 0.528. The molecule has 0 amide bonds. The molecule has 2 N–H and O–H groups in total. The molecule has 28 heavy (non-hydrogen) atoms. The minimum absolute atomic E-state index is 0.126. The number of hydrogen-bond donors (Lipinski definition) is 2. The predicted molar refractivity (Wildman–Crippen MR) is 112 cm³/mol. The fraction of sp³-hybridized carbons (Fsp3) is 0.611. The molecule has 1 aromatic carbocycles. The second-order valence-corrected chi connectivity index (χ2v) is 10.7. The van der Waals surface area contributed by atoms with E-state index < -0.39 is 20.0 Å². The second-order valence-electron chi connectivity index (χ2n) is 6.84. The first-order valence-electron chi connectivity index (χ1n) is 9.56. The van der Waals surface area contributed by atoms with Gasteiger partial charge in [-0.25, -0.2) is 31.3 Å². The molecule has 0 atom stereocenters. The highest BCUT2D eigenvalue weighted by Gasteiger charge is 2.12. The fourth-order valence-corrected chi connectivity index (χ4v) is 5.22. The van der Waals surface area contributed by atoms with Crippen molar-refractivity contribution in [2.24, 2.45) is 7.05 Å². The van der Waals surface area contributed by atoms with Crippen LogP contribution in [0.5, 0.6) is 0 Å². The zero-order valence-corrected chi connectivity index (χ0v) is 18.4. The number of nitrogens with zero attached hydrogens (tertiary/aromatic N) is 2. The maximum atomic E-state index is 11.7. The number of fused-ring (bicyclic) bond motifs is 1. The van der Waals surface area contributed by atoms with Crippen molar-refractivity contribution in [1.29, 1.82) is 0 Å². The van der Waals surface area contributed by atoms with E-state index in [0.29, 0.717) is 38.8 Å². The summed E-state index contributed by atoms with van der Waals surface area (Å²) in [7, 11) is -4.51. The van der Waals surface area contributed by atoms with Crippen LogP contribution in [0.25, 0.3) is 11.0 Å². The van der Waals surface area contributed by atoms with E-state index in [9.17, 15) is 16.8 Å². The van der Waals surface area contributed by atoms with Gasteiger partial charge in [0.25, 0.3) is 0 Å². The first-order chi connectivity index (χ1) is 13.2. The van der Waals surface area contributed by atoms with Crippen LogP contribution in [0.4, 0.5) is 0 Å². The maximum Gasteiger partial charge on any atom is 0.211 e. The monoisotopic (exact) mass is 430 g/mol. The molecule has 0 aliphatic heterocycles. The standard InChI is InChI=1S/C18H30N4O4S2/c1-4-12-27(23,24)19-10-8-15-6-7-17-16(14-15)21-18(22(17)3)9-11-20-28(25,26)13-5-2/h6-7,14,19-20H,4-5,8-13H2,1-3H3. The van der Waals surface area contributed by atoms with Crippen molar-refractivity contribution in [3.05, 3.63) is 29.6 Å². The summed E-state index contributed by atoms with van der Waals surface area (Å²) in [6.07, 6.45) is 2.26. The van der Waals surface area contributed by atoms with Gasteiger partial charge in [0.15, 0.2) is 0 Å². The summed E-state index contributed by atoms with van der Waals surface area (Å²) < 4.78 is 54.1. The van der Waals surface area contributed by atoms with Gasteiger partial charge in [0.2, 0.25) is 20.0 Å². The summed E-state index contributed by atoms with van der Waals surface area (Å²) in [6, 6.07) is 5.88. The second kappa shape index (κ2) is 9.82. The number of sulfonamides is 2. The van der Waals surface area contributed by atoms with Gasteiger partial charge in [-0.2, -0.15) is 0 Å². The molecule has 0 radical (unpaired) electrons. The largest absolute Gasteiger partial charge is 0.331 e. The lowest BCUT2D eigenvalue weighted by atomic mass is 10.1. The number of benzene rings is 1. The van der Waals surface area contributed by atoms with Crippen LogP contribution in [0.2, 0.25) is 0 Å². The summed E-state index contributed by atoms with van der Waals surface area (Å²) >= 11 is 0. The average Bonchev–Trinajstić information content (AvgIpc) is 2.90. The van der Waals surface area contributed by atoms with E-state index in [1.165, 1.54) is 0 Å². The smallest absolute Gasteiger partial charge is 0.211 e. The van der Waals surface area contributed by atoms with Crippen molar-refractivity contribution >= 4 is 31.1 Å². The Kier molecular flexibility index (Phi) is 7.99. The molecule has 0 aliphatic rings. The average molecular weight is 431 g/mol. The van der Waals surface area contributed by atoms with Crippen LogP contribution >= 0.6 is 0 Å². The molecule has 0 fully saturated rings. The van der Waals surface area contributed by atoms with E-state index in [0.717, 1.165) is 22.4 Å². The Morgan fingerprint density at radius 2 is 1.50 bits per heavy atom. The van der Waals surface area contributed by atoms with Crippen molar-refractivity contribution in [2.75, 3.05) is 24.6 Å². The van der Waals surface area contributed by atoms with E-state index in [-0.39, 0.29) is 11.5 Å². The number of hydrogen-bond acceptors (Lipinski definition) is 5. The third-order valence-electron chi connectivity index (χ3n) is 4.39. The highest BCUT2D eigenvalue weighted by atomic mass is 32.2. The summed E-state index contributed by atoms with van der Waals surface area (Å²) in [4.78, 5) is 4.61. The van der Waals surface area contributed by atoms with Crippen molar-refractivity contribution < 1.29 is 16.8 Å². The molecule has 10 heteroatoms. The molecule has 2 rings (SSSR count). The van der Waals surface area contributed by atoms with Crippen LogP contribution in [0.1, 0.15) is 38.1 Å². The van der Waals surface area contributed by atoms with Crippen LogP contribution in [0.15, 0.2) is 18.2 Å². The Labute approximate surface area is 167 Å². The number of rotatable bonds is 12. The lowest BCUT2D eigenvalue weighted by Gasteiger charge is -2.06. The van der Waals surface area contributed by atoms with E-state index in [1.54, 1.807) is 0 Å². The van der Waals surface area contributed by atoms with Gasteiger partial charge in [0.1, 0.15) is 5.82 Å². The topological polar surface area (TPSA) is 110 Å². The molecule has 1 heterocycles. The number of aromatic nitrogens is 2. The molecule has 0 unspecified atom stereocenters. The molecule has 0 saturated heterocycles. The molecular weight excluding hydrogens is 400 g/mol. The van der Waals surface area contributed by atoms with Gasteiger partial charge in [0, 0.05) is 26.6 Å². The Morgan fingerprint density at radius 3 is 2.07 bits per heavy atom. The number of aryl methyl sites for hydroxylation is 1. The molecular formula is C18H30N4O4S2. The molecule has 2 aromatic rings. The lowest BCUT2D eigenvalue weighted by molar-refractivity contribution is 0.577. The van der Waals surface area contributed by atoms with Crippen molar-refractivity contribution in [3.63, 3.8) is 0 Å². The van der Waals surface area contributed by atoms with Gasteiger partial charge < -0.3 is 4.57 Å². The molecule has 8 nitrogen and oxygen atoms in total. The van der Waals surface area contributed by atoms with Gasteiger partial charge in [0.05, 0.1) is 22.5 Å². The van der Waals surface area contributed by atoms with Crippen LogP contribution in [0, 0.1) is 0 Å². The summed E-state index contributed by atoms with van der Waals surface area (Å²) in [5.41, 5.74) is 2.78. The van der Waals surface area contributed by atoms with E-state index >= 15 is 0 Å². The molecule has 1 aromatic heterocycles. The van der Waals surface area contributed by atoms with Crippen molar-refractivity contribution in [1.82, 2.24) is 19.0 Å². The third-order valence-corrected chi connectivity index (χ3v) is 7.57. The molecule has 158 valence electrons. The maximum absolute atomic E-state index is 11.7. The summed E-state index contributed by atoms with van der Waals surface area (Å²) in [5, 5.41) is 0. The van der Waals surface area contributed by atoms with Gasteiger partial charge in [-0.05, 0) is 37.0 Å². The predicted octanol–water partition coefficient (Wildman–Crippen LogP) is 1.32. The molecule has 0 saturated carbocycles. The van der Waals surface area contributed by atoms with Crippen molar-refractivity contribution in [3.8, 4) is 0 Å². The normalized spacial score (nSPS) is 12.7. The molecule has 0 spiro atoms. The lowest BCUT2D eigenvalue weighted by Crippen LogP contribution is -2.28. The van der Waals surface area contributed by atoms with Gasteiger partial charge in [-0.3, -0.25) is 0 Å². The van der Waals surface area contributed by atoms with Crippen LogP contribution in [-0.2, 0) is 39.9 Å². The highest BCUT2D eigenvalue weighted by Crippen LogP contribution is 2.17. The Morgan fingerprint density at radius 1 is 0.929 bits per heavy atom. The third kappa shape index (κ3) is 6.54.